The molecule has 10 nitrogen and oxygen atoms in total. The van der Waals surface area contributed by atoms with Gasteiger partial charge in [-0.25, -0.2) is 13.4 Å². The SMILES string of the molecule is Cc1nc(-c2ccccc2NC(=O)C2=NN(C3CCS(=O)(=O)C3)C(=O)CC2)no1. The molecular weight excluding hydrogens is 398 g/mol. The van der Waals surface area contributed by atoms with E-state index in [1.54, 1.807) is 31.2 Å². The van der Waals surface area contributed by atoms with E-state index in [9.17, 15) is 18.0 Å². The Morgan fingerprint density at radius 2 is 2.07 bits per heavy atom. The molecule has 2 aliphatic rings. The molecule has 152 valence electrons. The first-order chi connectivity index (χ1) is 13.8. The van der Waals surface area contributed by atoms with Crippen LogP contribution in [0.4, 0.5) is 5.69 Å². The number of nitrogens with zero attached hydrogens (tertiary/aromatic N) is 4. The number of anilines is 1. The van der Waals surface area contributed by atoms with Crippen molar-refractivity contribution in [2.24, 2.45) is 5.10 Å². The zero-order valence-corrected chi connectivity index (χ0v) is 16.5. The highest BCUT2D eigenvalue weighted by Crippen LogP contribution is 2.26. The fourth-order valence-electron chi connectivity index (χ4n) is 3.38. The smallest absolute Gasteiger partial charge is 0.271 e. The van der Waals surface area contributed by atoms with Crippen molar-refractivity contribution in [3.05, 3.63) is 30.2 Å². The van der Waals surface area contributed by atoms with Crippen LogP contribution in [0.1, 0.15) is 25.2 Å². The van der Waals surface area contributed by atoms with Crippen LogP contribution in [0.5, 0.6) is 0 Å². The van der Waals surface area contributed by atoms with Crippen LogP contribution in [-0.4, -0.2) is 58.6 Å². The number of carbonyl (C=O) groups is 2. The summed E-state index contributed by atoms with van der Waals surface area (Å²) in [4.78, 5) is 29.2. The number of hydrogen-bond acceptors (Lipinski definition) is 8. The topological polar surface area (TPSA) is 135 Å². The molecule has 29 heavy (non-hydrogen) atoms. The Kier molecular flexibility index (Phi) is 4.91. The van der Waals surface area contributed by atoms with Gasteiger partial charge in [-0.15, -0.1) is 0 Å². The predicted octanol–water partition coefficient (Wildman–Crippen LogP) is 1.15. The minimum atomic E-state index is -3.18. The lowest BCUT2D eigenvalue weighted by Crippen LogP contribution is -2.42. The lowest BCUT2D eigenvalue weighted by atomic mass is 10.1. The molecule has 0 radical (unpaired) electrons. The Morgan fingerprint density at radius 1 is 1.28 bits per heavy atom. The Morgan fingerprint density at radius 3 is 2.76 bits per heavy atom. The average Bonchev–Trinajstić information content (AvgIpc) is 3.27. The number of nitrogens with one attached hydrogen (secondary N) is 1. The summed E-state index contributed by atoms with van der Waals surface area (Å²) in [6.07, 6.45) is 0.616. The van der Waals surface area contributed by atoms with E-state index in [0.29, 0.717) is 29.4 Å². The van der Waals surface area contributed by atoms with Gasteiger partial charge in [0.05, 0.1) is 23.2 Å². The van der Waals surface area contributed by atoms with Gasteiger partial charge < -0.3 is 9.84 Å². The van der Waals surface area contributed by atoms with E-state index in [2.05, 4.69) is 20.6 Å². The molecule has 1 fully saturated rings. The highest BCUT2D eigenvalue weighted by atomic mass is 32.2. The number of hydrogen-bond donors (Lipinski definition) is 1. The summed E-state index contributed by atoms with van der Waals surface area (Å²) < 4.78 is 28.5. The van der Waals surface area contributed by atoms with Crippen molar-refractivity contribution in [2.45, 2.75) is 32.2 Å². The van der Waals surface area contributed by atoms with E-state index in [1.807, 2.05) is 0 Å². The highest BCUT2D eigenvalue weighted by Gasteiger charge is 2.37. The summed E-state index contributed by atoms with van der Waals surface area (Å²) in [7, 11) is -3.18. The van der Waals surface area contributed by atoms with Crippen LogP contribution in [0.25, 0.3) is 11.4 Å². The molecule has 1 N–H and O–H groups in total. The van der Waals surface area contributed by atoms with Gasteiger partial charge in [0, 0.05) is 25.3 Å². The van der Waals surface area contributed by atoms with Gasteiger partial charge in [-0.3, -0.25) is 9.59 Å². The minimum Gasteiger partial charge on any atom is -0.339 e. The molecule has 1 unspecified atom stereocenters. The van der Waals surface area contributed by atoms with E-state index in [-0.39, 0.29) is 36.0 Å². The van der Waals surface area contributed by atoms with Crippen molar-refractivity contribution in [3.63, 3.8) is 0 Å². The van der Waals surface area contributed by atoms with Crippen molar-refractivity contribution >= 4 is 33.1 Å². The van der Waals surface area contributed by atoms with Gasteiger partial charge in [0.25, 0.3) is 5.91 Å². The molecule has 0 aliphatic carbocycles. The number of para-hydroxylation sites is 1. The van der Waals surface area contributed by atoms with Crippen LogP contribution in [0, 0.1) is 6.92 Å². The second-order valence-corrected chi connectivity index (χ2v) is 9.21. The second kappa shape index (κ2) is 7.39. The fourth-order valence-corrected chi connectivity index (χ4v) is 5.07. The number of hydrazone groups is 1. The summed E-state index contributed by atoms with van der Waals surface area (Å²) in [6.45, 7) is 1.67. The lowest BCUT2D eigenvalue weighted by Gasteiger charge is -2.27. The molecule has 0 bridgehead atoms. The van der Waals surface area contributed by atoms with Gasteiger partial charge in [0.1, 0.15) is 5.71 Å². The van der Waals surface area contributed by atoms with Gasteiger partial charge in [-0.05, 0) is 18.6 Å². The molecule has 2 aliphatic heterocycles. The monoisotopic (exact) mass is 417 g/mol. The number of benzene rings is 1. The molecule has 2 amide bonds. The van der Waals surface area contributed by atoms with Crippen LogP contribution in [-0.2, 0) is 19.4 Å². The number of aromatic nitrogens is 2. The van der Waals surface area contributed by atoms with Crippen molar-refractivity contribution in [3.8, 4) is 11.4 Å². The number of rotatable bonds is 4. The maximum absolute atomic E-state index is 12.8. The van der Waals surface area contributed by atoms with Crippen LogP contribution >= 0.6 is 0 Å². The van der Waals surface area contributed by atoms with Crippen molar-refractivity contribution < 1.29 is 22.5 Å². The van der Waals surface area contributed by atoms with Crippen LogP contribution < -0.4 is 5.32 Å². The Bertz CT molecular complexity index is 1110. The third-order valence-corrected chi connectivity index (χ3v) is 6.57. The third kappa shape index (κ3) is 4.04. The summed E-state index contributed by atoms with van der Waals surface area (Å²) >= 11 is 0. The normalized spacial score (nSPS) is 21.1. The first-order valence-corrected chi connectivity index (χ1v) is 11.0. The molecule has 0 spiro atoms. The predicted molar refractivity (Wildman–Crippen MR) is 104 cm³/mol. The molecule has 11 heteroatoms. The molecule has 1 atom stereocenters. The Balaban J connectivity index is 1.56. The maximum Gasteiger partial charge on any atom is 0.271 e. The molecule has 1 aromatic heterocycles. The van der Waals surface area contributed by atoms with Crippen LogP contribution in [0.2, 0.25) is 0 Å². The quantitative estimate of drug-likeness (QED) is 0.788. The van der Waals surface area contributed by atoms with Gasteiger partial charge >= 0.3 is 0 Å². The summed E-state index contributed by atoms with van der Waals surface area (Å²) in [6, 6.07) is 6.48. The number of aryl methyl sites for hydroxylation is 1. The summed E-state index contributed by atoms with van der Waals surface area (Å²) in [5.41, 5.74) is 1.24. The van der Waals surface area contributed by atoms with E-state index in [0.717, 1.165) is 5.01 Å². The summed E-state index contributed by atoms with van der Waals surface area (Å²) in [5.74, 6) is -0.0922. The maximum atomic E-state index is 12.8. The largest absolute Gasteiger partial charge is 0.339 e. The third-order valence-electron chi connectivity index (χ3n) is 4.82. The molecular formula is C18H19N5O5S. The first-order valence-electron chi connectivity index (χ1n) is 9.13. The molecule has 3 heterocycles. The van der Waals surface area contributed by atoms with Crippen molar-refractivity contribution in [2.75, 3.05) is 16.8 Å². The number of carbonyl (C=O) groups excluding carboxylic acids is 2. The highest BCUT2D eigenvalue weighted by molar-refractivity contribution is 7.91. The first kappa shape index (κ1) is 19.2. The van der Waals surface area contributed by atoms with Gasteiger partial charge in [-0.2, -0.15) is 10.1 Å². The molecule has 1 saturated heterocycles. The van der Waals surface area contributed by atoms with E-state index in [4.69, 9.17) is 4.52 Å². The lowest BCUT2D eigenvalue weighted by molar-refractivity contribution is -0.133. The number of amides is 2. The van der Waals surface area contributed by atoms with E-state index in [1.165, 1.54) is 0 Å². The molecule has 4 rings (SSSR count). The van der Waals surface area contributed by atoms with Crippen LogP contribution in [0.15, 0.2) is 33.9 Å². The van der Waals surface area contributed by atoms with Gasteiger partial charge in [0.2, 0.25) is 17.6 Å². The number of sulfone groups is 1. The molecule has 0 saturated carbocycles. The minimum absolute atomic E-state index is 0.0238. The molecule has 1 aromatic carbocycles. The van der Waals surface area contributed by atoms with Gasteiger partial charge in [0.15, 0.2) is 9.84 Å². The van der Waals surface area contributed by atoms with Gasteiger partial charge in [-0.1, -0.05) is 17.3 Å². The van der Waals surface area contributed by atoms with Crippen molar-refractivity contribution in [1.29, 1.82) is 0 Å². The van der Waals surface area contributed by atoms with E-state index < -0.39 is 21.8 Å². The molecule has 2 aromatic rings. The average molecular weight is 417 g/mol. The Hall–Kier alpha value is -3.08. The van der Waals surface area contributed by atoms with E-state index >= 15 is 0 Å². The van der Waals surface area contributed by atoms with Crippen LogP contribution in [0.3, 0.4) is 0 Å². The second-order valence-electron chi connectivity index (χ2n) is 6.98. The fraction of sp³-hybridized carbons (Fsp3) is 0.389. The Labute approximate surface area is 166 Å². The zero-order valence-electron chi connectivity index (χ0n) is 15.7. The summed E-state index contributed by atoms with van der Waals surface area (Å²) in [5, 5.41) is 12.0. The van der Waals surface area contributed by atoms with Crippen molar-refractivity contribution in [1.82, 2.24) is 15.1 Å². The standard InChI is InChI=1S/C18H19N5O5S/c1-11-19-17(22-28-11)13-4-2-3-5-14(13)20-18(25)15-6-7-16(24)23(21-15)12-8-9-29(26,27)10-12/h2-5,12H,6-10H2,1H3,(H,20,25). The zero-order chi connectivity index (χ0) is 20.6.